The Morgan fingerprint density at radius 1 is 1.10 bits per heavy atom. The molecule has 1 heterocycles. The Balaban J connectivity index is 1.48. The fourth-order valence-electron chi connectivity index (χ4n) is 8.43. The maximum Gasteiger partial charge on any atom is 0.369 e. The van der Waals surface area contributed by atoms with Crippen molar-refractivity contribution < 1.29 is 14.7 Å². The van der Waals surface area contributed by atoms with E-state index in [1.807, 2.05) is 19.2 Å². The van der Waals surface area contributed by atoms with Crippen LogP contribution in [-0.2, 0) is 4.79 Å². The van der Waals surface area contributed by atoms with Crippen LogP contribution in [0.5, 0.6) is 0 Å². The van der Waals surface area contributed by atoms with Crippen LogP contribution in [0.2, 0.25) is 0 Å². The highest BCUT2D eigenvalue weighted by Gasteiger charge is 2.61. The fourth-order valence-corrected chi connectivity index (χ4v) is 9.21. The zero-order valence-corrected chi connectivity index (χ0v) is 19.5. The van der Waals surface area contributed by atoms with Crippen molar-refractivity contribution in [1.82, 2.24) is 4.98 Å². The Hall–Kier alpha value is -1.62. The summed E-state index contributed by atoms with van der Waals surface area (Å²) in [7, 11) is 0. The van der Waals surface area contributed by atoms with Crippen LogP contribution in [0, 0.1) is 40.4 Å². The van der Waals surface area contributed by atoms with E-state index in [2.05, 4.69) is 32.1 Å². The predicted molar refractivity (Wildman–Crippen MR) is 123 cm³/mol. The lowest BCUT2D eigenvalue weighted by Gasteiger charge is -2.60. The number of carbonyl (C=O) groups excluding carboxylic acids is 1. The Morgan fingerprint density at radius 2 is 1.87 bits per heavy atom. The molecule has 0 aromatic carbocycles. The normalized spacial score (nSPS) is 44.1. The van der Waals surface area contributed by atoms with Crippen LogP contribution in [0.25, 0.3) is 0 Å². The number of pyridine rings is 1. The average molecular weight is 440 g/mol. The molecule has 0 spiro atoms. The number of Topliss-reactive ketones (excluding diaryl/α,β-unsaturated/α-hetero) is 1. The molecule has 1 aromatic heterocycles. The maximum atomic E-state index is 12.9. The quantitative estimate of drug-likeness (QED) is 0.567. The van der Waals surface area contributed by atoms with Crippen LogP contribution >= 0.6 is 11.8 Å². The third-order valence-corrected chi connectivity index (χ3v) is 10.5. The zero-order valence-electron chi connectivity index (χ0n) is 18.7. The third-order valence-electron chi connectivity index (χ3n) is 9.79. The monoisotopic (exact) mass is 439 g/mol. The highest BCUT2D eigenvalue weighted by atomic mass is 32.2. The van der Waals surface area contributed by atoms with Crippen molar-refractivity contribution in [3.63, 3.8) is 0 Å². The van der Waals surface area contributed by atoms with Crippen LogP contribution in [0.4, 0.5) is 4.79 Å². The molecule has 5 rings (SSSR count). The Labute approximate surface area is 189 Å². The van der Waals surface area contributed by atoms with Crippen molar-refractivity contribution in [1.29, 1.82) is 0 Å². The van der Waals surface area contributed by atoms with Crippen molar-refractivity contribution in [3.05, 3.63) is 41.1 Å². The topological polar surface area (TPSA) is 67.3 Å². The minimum atomic E-state index is -0.980. The van der Waals surface area contributed by atoms with Gasteiger partial charge in [0.1, 0.15) is 0 Å². The number of carbonyl (C=O) groups is 2. The summed E-state index contributed by atoms with van der Waals surface area (Å²) < 4.78 is 0. The second-order valence-corrected chi connectivity index (χ2v) is 11.9. The summed E-state index contributed by atoms with van der Waals surface area (Å²) in [5.74, 6) is 2.68. The minimum Gasteiger partial charge on any atom is -0.473 e. The molecule has 31 heavy (non-hydrogen) atoms. The number of hydrogen-bond donors (Lipinski definition) is 1. The Bertz CT molecular complexity index is 930. The summed E-state index contributed by atoms with van der Waals surface area (Å²) in [6.07, 6.45) is 11.1. The molecule has 0 aliphatic heterocycles. The van der Waals surface area contributed by atoms with Gasteiger partial charge in [0.05, 0.1) is 4.91 Å². The summed E-state index contributed by atoms with van der Waals surface area (Å²) in [4.78, 5) is 29.5. The molecule has 166 valence electrons. The van der Waals surface area contributed by atoms with Gasteiger partial charge in [-0.3, -0.25) is 9.78 Å². The SMILES string of the molecule is CC1C(=O)C(SC(=O)O)=C[C@@]2(C)C1CC[C@@H]1[C@H]2CC[C@]2(C)C(c3ccccn3)CC[C@@H]12. The minimum absolute atomic E-state index is 0.0325. The lowest BCUT2D eigenvalue weighted by Crippen LogP contribution is -2.54. The molecule has 3 saturated carbocycles. The van der Waals surface area contributed by atoms with E-state index < -0.39 is 5.30 Å². The van der Waals surface area contributed by atoms with E-state index in [1.165, 1.54) is 31.4 Å². The first kappa shape index (κ1) is 21.2. The first-order valence-corrected chi connectivity index (χ1v) is 12.7. The van der Waals surface area contributed by atoms with Crippen LogP contribution in [0.3, 0.4) is 0 Å². The van der Waals surface area contributed by atoms with Gasteiger partial charge in [0, 0.05) is 23.7 Å². The largest absolute Gasteiger partial charge is 0.473 e. The number of fused-ring (bicyclic) bond motifs is 5. The van der Waals surface area contributed by atoms with Crippen molar-refractivity contribution >= 4 is 22.8 Å². The standard InChI is InChI=1S/C26H33NO3S/c1-15-17-8-7-16-18-9-10-20(21-6-4-5-13-27-21)25(18,2)12-11-19(16)26(17,3)14-22(23(15)28)31-24(29)30/h4-6,13-20H,7-12H2,1-3H3,(H,29,30)/t15?,16-,17?,18-,19+,20?,25-,26-/m0/s1. The molecule has 8 atom stereocenters. The van der Waals surface area contributed by atoms with Gasteiger partial charge in [-0.15, -0.1) is 0 Å². The number of carboxylic acid groups (broad SMARTS) is 1. The van der Waals surface area contributed by atoms with E-state index in [4.69, 9.17) is 4.98 Å². The van der Waals surface area contributed by atoms with E-state index in [9.17, 15) is 14.7 Å². The van der Waals surface area contributed by atoms with Gasteiger partial charge in [-0.1, -0.05) is 32.9 Å². The molecule has 0 bridgehead atoms. The van der Waals surface area contributed by atoms with Gasteiger partial charge in [0.15, 0.2) is 5.78 Å². The molecule has 5 heteroatoms. The molecule has 3 unspecified atom stereocenters. The van der Waals surface area contributed by atoms with Gasteiger partial charge in [-0.05, 0) is 96.9 Å². The number of nitrogens with zero attached hydrogens (tertiary/aromatic N) is 1. The second kappa shape index (κ2) is 7.47. The summed E-state index contributed by atoms with van der Waals surface area (Å²) >= 11 is 0.717. The van der Waals surface area contributed by atoms with E-state index in [0.29, 0.717) is 34.5 Å². The van der Waals surface area contributed by atoms with Crippen molar-refractivity contribution in [2.45, 2.75) is 65.2 Å². The number of hydrogen-bond acceptors (Lipinski definition) is 4. The molecule has 3 fully saturated rings. The maximum absolute atomic E-state index is 12.9. The summed E-state index contributed by atoms with van der Waals surface area (Å²) in [6, 6.07) is 6.32. The van der Waals surface area contributed by atoms with Gasteiger partial charge in [-0.2, -0.15) is 0 Å². The average Bonchev–Trinajstić information content (AvgIpc) is 3.09. The molecule has 1 N–H and O–H groups in total. The van der Waals surface area contributed by atoms with Crippen LogP contribution < -0.4 is 0 Å². The number of aromatic nitrogens is 1. The smallest absolute Gasteiger partial charge is 0.369 e. The van der Waals surface area contributed by atoms with Gasteiger partial charge in [0.2, 0.25) is 0 Å². The summed E-state index contributed by atoms with van der Waals surface area (Å²) in [5.41, 5.74) is 1.46. The molecule has 4 aliphatic carbocycles. The van der Waals surface area contributed by atoms with Crippen molar-refractivity contribution in [3.8, 4) is 0 Å². The Morgan fingerprint density at radius 3 is 2.58 bits per heavy atom. The van der Waals surface area contributed by atoms with E-state index in [1.54, 1.807) is 0 Å². The van der Waals surface area contributed by atoms with Gasteiger partial charge in [-0.25, -0.2) is 4.79 Å². The van der Waals surface area contributed by atoms with E-state index in [-0.39, 0.29) is 22.5 Å². The van der Waals surface area contributed by atoms with Gasteiger partial charge in [0.25, 0.3) is 0 Å². The molecular formula is C26H33NO3S. The first-order valence-electron chi connectivity index (χ1n) is 11.8. The molecule has 1 aromatic rings. The molecule has 0 radical (unpaired) electrons. The van der Waals surface area contributed by atoms with Crippen molar-refractivity contribution in [2.24, 2.45) is 40.4 Å². The second-order valence-electron chi connectivity index (χ2n) is 10.9. The van der Waals surface area contributed by atoms with Crippen LogP contribution in [0.1, 0.15) is 70.9 Å². The van der Waals surface area contributed by atoms with Crippen molar-refractivity contribution in [2.75, 3.05) is 0 Å². The van der Waals surface area contributed by atoms with Gasteiger partial charge < -0.3 is 5.11 Å². The van der Waals surface area contributed by atoms with Crippen LogP contribution in [0.15, 0.2) is 35.4 Å². The summed E-state index contributed by atoms with van der Waals surface area (Å²) in [6.45, 7) is 6.86. The molecule has 0 amide bonds. The summed E-state index contributed by atoms with van der Waals surface area (Å²) in [5, 5.41) is 8.36. The van der Waals surface area contributed by atoms with E-state index >= 15 is 0 Å². The molecule has 0 saturated heterocycles. The number of ketones is 1. The highest BCUT2D eigenvalue weighted by molar-refractivity contribution is 8.17. The number of allylic oxidation sites excluding steroid dienone is 2. The Kier molecular flexibility index (Phi) is 5.12. The zero-order chi connectivity index (χ0) is 22.0. The lowest BCUT2D eigenvalue weighted by atomic mass is 9.44. The molecule has 4 aliphatic rings. The number of rotatable bonds is 2. The predicted octanol–water partition coefficient (Wildman–Crippen LogP) is 6.54. The third kappa shape index (κ3) is 3.13. The van der Waals surface area contributed by atoms with Gasteiger partial charge >= 0.3 is 5.30 Å². The van der Waals surface area contributed by atoms with E-state index in [0.717, 1.165) is 24.6 Å². The number of thioether (sulfide) groups is 1. The molecular weight excluding hydrogens is 406 g/mol. The molecule has 4 nitrogen and oxygen atoms in total. The highest BCUT2D eigenvalue weighted by Crippen LogP contribution is 2.68. The first-order chi connectivity index (χ1) is 14.8. The van der Waals surface area contributed by atoms with Crippen LogP contribution in [-0.4, -0.2) is 21.2 Å². The lowest BCUT2D eigenvalue weighted by molar-refractivity contribution is -0.129. The fraction of sp³-hybridized carbons (Fsp3) is 0.654.